The molecule has 1 amide bonds. The molecule has 2 aliphatic rings. The quantitative estimate of drug-likeness (QED) is 0.564. The number of carbonyl (C=O) groups is 2. The van der Waals surface area contributed by atoms with Gasteiger partial charge in [0.05, 0.1) is 35.5 Å². The predicted octanol–water partition coefficient (Wildman–Crippen LogP) is 3.05. The van der Waals surface area contributed by atoms with Crippen LogP contribution in [-0.2, 0) is 14.3 Å². The average Bonchev–Trinajstić information content (AvgIpc) is 3.29. The normalized spacial score (nSPS) is 16.9. The van der Waals surface area contributed by atoms with Gasteiger partial charge in [0.15, 0.2) is 0 Å². The number of carbonyl (C=O) groups excluding carboxylic acids is 1. The fourth-order valence-electron chi connectivity index (χ4n) is 4.30. The van der Waals surface area contributed by atoms with Crippen molar-refractivity contribution in [2.45, 2.75) is 12.8 Å². The molecule has 0 bridgehead atoms. The van der Waals surface area contributed by atoms with Crippen molar-refractivity contribution in [1.82, 2.24) is 19.9 Å². The van der Waals surface area contributed by atoms with Crippen LogP contribution in [0.5, 0.6) is 0 Å². The van der Waals surface area contributed by atoms with Crippen LogP contribution in [0.2, 0.25) is 5.02 Å². The smallest absolute Gasteiger partial charge is 0.290 e. The largest absolute Gasteiger partial charge is 0.483 e. The van der Waals surface area contributed by atoms with Crippen molar-refractivity contribution in [2.24, 2.45) is 5.92 Å². The summed E-state index contributed by atoms with van der Waals surface area (Å²) in [5, 5.41) is 7.54. The zero-order valence-corrected chi connectivity index (χ0v) is 18.9. The van der Waals surface area contributed by atoms with Crippen LogP contribution in [0.1, 0.15) is 12.8 Å². The molecule has 9 nitrogen and oxygen atoms in total. The number of nitrogens with zero attached hydrogens (tertiary/aromatic N) is 4. The molecule has 0 radical (unpaired) electrons. The van der Waals surface area contributed by atoms with Gasteiger partial charge in [-0.15, -0.1) is 0 Å². The molecule has 1 aromatic carbocycles. The molecule has 2 aliphatic heterocycles. The zero-order chi connectivity index (χ0) is 23.2. The minimum atomic E-state index is -0.250. The van der Waals surface area contributed by atoms with Gasteiger partial charge in [0.1, 0.15) is 5.82 Å². The van der Waals surface area contributed by atoms with Gasteiger partial charge < -0.3 is 24.6 Å². The maximum Gasteiger partial charge on any atom is 0.290 e. The lowest BCUT2D eigenvalue weighted by Gasteiger charge is -2.36. The molecule has 4 heterocycles. The van der Waals surface area contributed by atoms with E-state index in [1.165, 1.54) is 0 Å². The van der Waals surface area contributed by atoms with Gasteiger partial charge in [-0.1, -0.05) is 11.6 Å². The number of ether oxygens (including phenoxy) is 1. The Morgan fingerprint density at radius 1 is 1.18 bits per heavy atom. The molecule has 0 atom stereocenters. The van der Waals surface area contributed by atoms with Gasteiger partial charge in [-0.3, -0.25) is 14.6 Å². The Hall–Kier alpha value is -3.17. The highest BCUT2D eigenvalue weighted by molar-refractivity contribution is 6.33. The van der Waals surface area contributed by atoms with Crippen LogP contribution in [0.15, 0.2) is 36.7 Å². The summed E-state index contributed by atoms with van der Waals surface area (Å²) in [5.41, 5.74) is 3.72. The molecule has 2 fully saturated rings. The molecular formula is C23H26ClN5O4. The highest BCUT2D eigenvalue weighted by Crippen LogP contribution is 2.33. The summed E-state index contributed by atoms with van der Waals surface area (Å²) in [6.45, 7) is 4.18. The molecular weight excluding hydrogens is 446 g/mol. The molecule has 0 saturated carbocycles. The van der Waals surface area contributed by atoms with E-state index in [1.54, 1.807) is 12.4 Å². The minimum absolute atomic E-state index is 0.106. The average molecular weight is 472 g/mol. The molecule has 10 heteroatoms. The highest BCUT2D eigenvalue weighted by atomic mass is 35.5. The van der Waals surface area contributed by atoms with E-state index >= 15 is 0 Å². The van der Waals surface area contributed by atoms with Crippen molar-refractivity contribution >= 4 is 40.7 Å². The number of aromatic nitrogens is 3. The second kappa shape index (κ2) is 10.6. The number of carboxylic acid groups (broad SMARTS) is 1. The van der Waals surface area contributed by atoms with Crippen LogP contribution >= 0.6 is 11.6 Å². The van der Waals surface area contributed by atoms with Gasteiger partial charge in [-0.2, -0.15) is 0 Å². The van der Waals surface area contributed by atoms with E-state index in [0.717, 1.165) is 54.0 Å². The third kappa shape index (κ3) is 5.26. The molecule has 174 valence electrons. The molecule has 2 N–H and O–H groups in total. The number of halogens is 1. The van der Waals surface area contributed by atoms with Crippen molar-refractivity contribution in [3.05, 3.63) is 41.7 Å². The Labute approximate surface area is 196 Å². The van der Waals surface area contributed by atoms with E-state index in [1.807, 2.05) is 23.1 Å². The Morgan fingerprint density at radius 3 is 2.61 bits per heavy atom. The molecule has 0 aliphatic carbocycles. The first-order valence-electron chi connectivity index (χ1n) is 10.9. The van der Waals surface area contributed by atoms with Gasteiger partial charge in [0.25, 0.3) is 6.47 Å². The number of nitrogens with one attached hydrogen (secondary N) is 1. The van der Waals surface area contributed by atoms with Crippen LogP contribution < -0.4 is 4.90 Å². The first-order valence-corrected chi connectivity index (χ1v) is 11.3. The second-order valence-electron chi connectivity index (χ2n) is 7.95. The van der Waals surface area contributed by atoms with Crippen LogP contribution in [0.25, 0.3) is 22.4 Å². The van der Waals surface area contributed by atoms with Crippen molar-refractivity contribution < 1.29 is 19.4 Å². The SMILES string of the molecule is O=C(C1CCN(c2ccc(Cl)c(-c3nc4ccncc4[nH]3)c2)CC1)N1CCOCC1.O=CO. The first kappa shape index (κ1) is 23.0. The Kier molecular flexibility index (Phi) is 7.41. The highest BCUT2D eigenvalue weighted by Gasteiger charge is 2.29. The summed E-state index contributed by atoms with van der Waals surface area (Å²) in [6.07, 6.45) is 5.22. The van der Waals surface area contributed by atoms with Gasteiger partial charge in [0, 0.05) is 49.5 Å². The molecule has 33 heavy (non-hydrogen) atoms. The van der Waals surface area contributed by atoms with E-state index in [0.29, 0.717) is 31.3 Å². The number of piperidine rings is 1. The van der Waals surface area contributed by atoms with Crippen molar-refractivity contribution in [2.75, 3.05) is 44.3 Å². The fourth-order valence-corrected chi connectivity index (χ4v) is 4.51. The standard InChI is InChI=1S/C22H24ClN5O2.CH2O2/c23-18-2-1-16(13-17(18)21-25-19-3-6-24-14-20(19)26-21)27-7-4-15(5-8-27)22(29)28-9-11-30-12-10-28;2-1-3/h1-3,6,13-15H,4-5,7-12H2,(H,25,26);1H,(H,2,3). The fraction of sp³-hybridized carbons (Fsp3) is 0.391. The number of amides is 1. The summed E-state index contributed by atoms with van der Waals surface area (Å²) in [6, 6.07) is 7.92. The molecule has 2 saturated heterocycles. The third-order valence-corrected chi connectivity index (χ3v) is 6.35. The molecule has 3 aromatic rings. The summed E-state index contributed by atoms with van der Waals surface area (Å²) in [5.74, 6) is 1.13. The summed E-state index contributed by atoms with van der Waals surface area (Å²) in [4.78, 5) is 37.5. The van der Waals surface area contributed by atoms with Crippen LogP contribution in [0.4, 0.5) is 5.69 Å². The number of fused-ring (bicyclic) bond motifs is 1. The van der Waals surface area contributed by atoms with Gasteiger partial charge in [0.2, 0.25) is 5.91 Å². The van der Waals surface area contributed by atoms with E-state index in [2.05, 4.69) is 25.9 Å². The number of pyridine rings is 1. The number of anilines is 1. The Balaban J connectivity index is 0.000000821. The van der Waals surface area contributed by atoms with Gasteiger partial charge in [-0.25, -0.2) is 4.98 Å². The second-order valence-corrected chi connectivity index (χ2v) is 8.35. The van der Waals surface area contributed by atoms with Crippen molar-refractivity contribution in [1.29, 1.82) is 0 Å². The lowest BCUT2D eigenvalue weighted by Crippen LogP contribution is -2.46. The van der Waals surface area contributed by atoms with Gasteiger partial charge >= 0.3 is 0 Å². The van der Waals surface area contributed by atoms with E-state index in [-0.39, 0.29) is 18.3 Å². The number of imidazole rings is 1. The topological polar surface area (TPSA) is 112 Å². The van der Waals surface area contributed by atoms with Crippen LogP contribution in [0.3, 0.4) is 0 Å². The number of aromatic amines is 1. The maximum absolute atomic E-state index is 12.8. The lowest BCUT2D eigenvalue weighted by molar-refractivity contribution is -0.140. The number of hydrogen-bond donors (Lipinski definition) is 2. The zero-order valence-electron chi connectivity index (χ0n) is 18.1. The van der Waals surface area contributed by atoms with Crippen molar-refractivity contribution in [3.63, 3.8) is 0 Å². The number of benzene rings is 1. The monoisotopic (exact) mass is 471 g/mol. The third-order valence-electron chi connectivity index (χ3n) is 6.02. The molecule has 0 spiro atoms. The summed E-state index contributed by atoms with van der Waals surface area (Å²) < 4.78 is 5.36. The molecule has 0 unspecified atom stereocenters. The van der Waals surface area contributed by atoms with Crippen LogP contribution in [0, 0.1) is 5.92 Å². The Bertz CT molecular complexity index is 1070. The predicted molar refractivity (Wildman–Crippen MR) is 125 cm³/mol. The van der Waals surface area contributed by atoms with Gasteiger partial charge in [-0.05, 0) is 37.1 Å². The number of morpholine rings is 1. The van der Waals surface area contributed by atoms with Crippen molar-refractivity contribution in [3.8, 4) is 11.4 Å². The van der Waals surface area contributed by atoms with E-state index in [4.69, 9.17) is 26.2 Å². The Morgan fingerprint density at radius 2 is 1.91 bits per heavy atom. The minimum Gasteiger partial charge on any atom is -0.483 e. The molecule has 5 rings (SSSR count). The number of H-pyrrole nitrogens is 1. The summed E-state index contributed by atoms with van der Waals surface area (Å²) >= 11 is 6.49. The lowest BCUT2D eigenvalue weighted by atomic mass is 9.94. The van der Waals surface area contributed by atoms with E-state index < -0.39 is 0 Å². The number of hydrogen-bond acceptors (Lipinski definition) is 6. The molecule has 2 aromatic heterocycles. The maximum atomic E-state index is 12.8. The summed E-state index contributed by atoms with van der Waals surface area (Å²) in [7, 11) is 0. The first-order chi connectivity index (χ1) is 16.1. The number of rotatable bonds is 3. The van der Waals surface area contributed by atoms with Crippen LogP contribution in [-0.4, -0.2) is 76.7 Å². The van der Waals surface area contributed by atoms with E-state index in [9.17, 15) is 4.79 Å².